The number of hydrogen-bond donors (Lipinski definition) is 2. The van der Waals surface area contributed by atoms with Crippen molar-refractivity contribution in [1.29, 1.82) is 0 Å². The molecule has 0 saturated carbocycles. The molecular weight excluding hydrogens is 244 g/mol. The van der Waals surface area contributed by atoms with E-state index in [0.29, 0.717) is 5.69 Å². The van der Waals surface area contributed by atoms with Crippen molar-refractivity contribution in [2.45, 2.75) is 0 Å². The zero-order valence-corrected chi connectivity index (χ0v) is 9.82. The normalized spacial score (nSPS) is 10.5. The third-order valence-electron chi connectivity index (χ3n) is 2.63. The number of imidazole rings is 1. The Labute approximate surface area is 108 Å². The van der Waals surface area contributed by atoms with Crippen molar-refractivity contribution in [2.75, 3.05) is 5.32 Å². The lowest BCUT2D eigenvalue weighted by Gasteiger charge is -2.05. The van der Waals surface area contributed by atoms with Gasteiger partial charge in [-0.3, -0.25) is 4.57 Å². The van der Waals surface area contributed by atoms with Gasteiger partial charge in [-0.2, -0.15) is 0 Å². The molecule has 0 aliphatic rings. The van der Waals surface area contributed by atoms with Crippen LogP contribution in [-0.2, 0) is 0 Å². The quantitative estimate of drug-likeness (QED) is 0.720. The summed E-state index contributed by atoms with van der Waals surface area (Å²) in [6, 6.07) is 6.61. The number of rotatable bonds is 2. The molecule has 0 atom stereocenters. The number of anilines is 1. The lowest BCUT2D eigenvalue weighted by atomic mass is 10.3. The van der Waals surface area contributed by atoms with Crippen LogP contribution >= 0.6 is 0 Å². The van der Waals surface area contributed by atoms with Gasteiger partial charge in [0.1, 0.15) is 18.2 Å². The Hall–Kier alpha value is -2.96. The average molecular weight is 254 g/mol. The van der Waals surface area contributed by atoms with Crippen LogP contribution < -0.4 is 11.1 Å². The summed E-state index contributed by atoms with van der Waals surface area (Å²) in [6.07, 6.45) is 4.81. The Morgan fingerprint density at radius 1 is 1.21 bits per heavy atom. The number of primary amides is 1. The topological polar surface area (TPSA) is 98.7 Å². The summed E-state index contributed by atoms with van der Waals surface area (Å²) in [7, 11) is 0. The molecule has 0 fully saturated rings. The fourth-order valence-electron chi connectivity index (χ4n) is 1.80. The molecule has 0 radical (unpaired) electrons. The van der Waals surface area contributed by atoms with Crippen molar-refractivity contribution >= 4 is 22.9 Å². The first-order valence-electron chi connectivity index (χ1n) is 5.54. The van der Waals surface area contributed by atoms with Crippen LogP contribution in [0.4, 0.5) is 10.5 Å². The highest BCUT2D eigenvalue weighted by Crippen LogP contribution is 2.17. The van der Waals surface area contributed by atoms with Gasteiger partial charge in [-0.05, 0) is 24.3 Å². The van der Waals surface area contributed by atoms with Gasteiger partial charge in [0.2, 0.25) is 0 Å². The van der Waals surface area contributed by atoms with Crippen molar-refractivity contribution < 1.29 is 4.79 Å². The van der Waals surface area contributed by atoms with E-state index in [1.165, 1.54) is 6.33 Å². The molecule has 3 rings (SSSR count). The van der Waals surface area contributed by atoms with Crippen LogP contribution in [0.25, 0.3) is 16.9 Å². The number of amides is 2. The van der Waals surface area contributed by atoms with Crippen LogP contribution in [0, 0.1) is 0 Å². The number of aromatic nitrogens is 4. The van der Waals surface area contributed by atoms with Gasteiger partial charge in [-0.1, -0.05) is 0 Å². The molecule has 0 spiro atoms. The third-order valence-corrected chi connectivity index (χ3v) is 2.63. The van der Waals surface area contributed by atoms with Crippen LogP contribution in [0.15, 0.2) is 43.1 Å². The number of nitrogens with two attached hydrogens (primary N) is 1. The molecular formula is C12H10N6O. The van der Waals surface area contributed by atoms with Gasteiger partial charge in [0.05, 0.1) is 6.20 Å². The number of fused-ring (bicyclic) bond motifs is 1. The van der Waals surface area contributed by atoms with Gasteiger partial charge in [-0.15, -0.1) is 0 Å². The molecule has 19 heavy (non-hydrogen) atoms. The Morgan fingerprint density at radius 3 is 2.74 bits per heavy atom. The van der Waals surface area contributed by atoms with Crippen LogP contribution in [0.3, 0.4) is 0 Å². The molecule has 0 aliphatic heterocycles. The van der Waals surface area contributed by atoms with Crippen LogP contribution in [0.1, 0.15) is 0 Å². The van der Waals surface area contributed by atoms with Gasteiger partial charge in [0.25, 0.3) is 0 Å². The second kappa shape index (κ2) is 4.37. The number of carbonyl (C=O) groups excluding carboxylic acids is 1. The number of nitrogens with one attached hydrogen (secondary N) is 1. The fourth-order valence-corrected chi connectivity index (χ4v) is 1.80. The third kappa shape index (κ3) is 2.08. The maximum absolute atomic E-state index is 10.7. The first-order valence-corrected chi connectivity index (χ1v) is 5.54. The first-order chi connectivity index (χ1) is 9.24. The highest BCUT2D eigenvalue weighted by atomic mass is 16.2. The van der Waals surface area contributed by atoms with Crippen LogP contribution in [0.2, 0.25) is 0 Å². The second-order valence-corrected chi connectivity index (χ2v) is 3.88. The standard InChI is InChI=1S/C12H10N6O/c13-12(19)17-8-1-3-9(4-2-8)18-7-16-10-5-14-6-15-11(10)18/h1-7H,(H3,13,17,19). The molecule has 7 nitrogen and oxygen atoms in total. The van der Waals surface area contributed by atoms with E-state index in [1.54, 1.807) is 24.7 Å². The summed E-state index contributed by atoms with van der Waals surface area (Å²) in [5.41, 5.74) is 8.02. The summed E-state index contributed by atoms with van der Waals surface area (Å²) in [5, 5.41) is 2.50. The maximum Gasteiger partial charge on any atom is 0.316 e. The Balaban J connectivity index is 2.00. The SMILES string of the molecule is NC(=O)Nc1ccc(-n2cnc3cncnc32)cc1. The first kappa shape index (κ1) is 11.1. The lowest BCUT2D eigenvalue weighted by molar-refractivity contribution is 0.259. The van der Waals surface area contributed by atoms with Gasteiger partial charge >= 0.3 is 6.03 Å². The molecule has 0 saturated heterocycles. The highest BCUT2D eigenvalue weighted by Gasteiger charge is 2.05. The van der Waals surface area contributed by atoms with Crippen molar-refractivity contribution in [3.05, 3.63) is 43.1 Å². The predicted molar refractivity (Wildman–Crippen MR) is 69.9 cm³/mol. The molecule has 3 aromatic rings. The molecule has 1 aromatic carbocycles. The zero-order valence-electron chi connectivity index (χ0n) is 9.82. The summed E-state index contributed by atoms with van der Waals surface area (Å²) in [5.74, 6) is 0. The second-order valence-electron chi connectivity index (χ2n) is 3.88. The van der Waals surface area contributed by atoms with Crippen LogP contribution in [-0.4, -0.2) is 25.6 Å². The van der Waals surface area contributed by atoms with Gasteiger partial charge in [-0.25, -0.2) is 19.7 Å². The lowest BCUT2D eigenvalue weighted by Crippen LogP contribution is -2.19. The Kier molecular flexibility index (Phi) is 2.57. The van der Waals surface area contributed by atoms with E-state index < -0.39 is 6.03 Å². The fraction of sp³-hybridized carbons (Fsp3) is 0. The highest BCUT2D eigenvalue weighted by molar-refractivity contribution is 5.87. The number of hydrogen-bond acceptors (Lipinski definition) is 4. The monoisotopic (exact) mass is 254 g/mol. The summed E-state index contributed by atoms with van der Waals surface area (Å²) < 4.78 is 1.84. The molecule has 0 aliphatic carbocycles. The van der Waals surface area contributed by atoms with Crippen LogP contribution in [0.5, 0.6) is 0 Å². The van der Waals surface area contributed by atoms with E-state index in [2.05, 4.69) is 20.3 Å². The van der Waals surface area contributed by atoms with Crippen molar-refractivity contribution in [3.8, 4) is 5.69 Å². The number of benzene rings is 1. The van der Waals surface area contributed by atoms with Gasteiger partial charge in [0, 0.05) is 11.4 Å². The Bertz CT molecular complexity index is 733. The zero-order chi connectivity index (χ0) is 13.2. The minimum Gasteiger partial charge on any atom is -0.351 e. The largest absolute Gasteiger partial charge is 0.351 e. The molecule has 2 amide bonds. The Morgan fingerprint density at radius 2 is 2.00 bits per heavy atom. The van der Waals surface area contributed by atoms with Gasteiger partial charge in [0.15, 0.2) is 5.65 Å². The summed E-state index contributed by atoms with van der Waals surface area (Å²) in [6.45, 7) is 0. The minimum absolute atomic E-state index is 0.589. The van der Waals surface area contributed by atoms with E-state index in [9.17, 15) is 4.79 Å². The number of nitrogens with zero attached hydrogens (tertiary/aromatic N) is 4. The molecule has 0 unspecified atom stereocenters. The number of carbonyl (C=O) groups is 1. The number of urea groups is 1. The average Bonchev–Trinajstić information content (AvgIpc) is 2.83. The van der Waals surface area contributed by atoms with Crippen molar-refractivity contribution in [3.63, 3.8) is 0 Å². The van der Waals surface area contributed by atoms with Crippen molar-refractivity contribution in [2.24, 2.45) is 5.73 Å². The van der Waals surface area contributed by atoms with Gasteiger partial charge < -0.3 is 11.1 Å². The van der Waals surface area contributed by atoms with E-state index in [0.717, 1.165) is 16.9 Å². The smallest absolute Gasteiger partial charge is 0.316 e. The van der Waals surface area contributed by atoms with E-state index >= 15 is 0 Å². The summed E-state index contributed by atoms with van der Waals surface area (Å²) in [4.78, 5) is 23.1. The van der Waals surface area contributed by atoms with Crippen molar-refractivity contribution in [1.82, 2.24) is 19.5 Å². The molecule has 94 valence electrons. The molecule has 7 heteroatoms. The van der Waals surface area contributed by atoms with E-state index in [1.807, 2.05) is 16.7 Å². The molecule has 2 heterocycles. The summed E-state index contributed by atoms with van der Waals surface area (Å²) >= 11 is 0. The molecule has 2 aromatic heterocycles. The maximum atomic E-state index is 10.7. The molecule has 3 N–H and O–H groups in total. The van der Waals surface area contributed by atoms with E-state index in [4.69, 9.17) is 5.73 Å². The molecule has 0 bridgehead atoms. The minimum atomic E-state index is -0.589. The predicted octanol–water partition coefficient (Wildman–Crippen LogP) is 1.31. The van der Waals surface area contributed by atoms with E-state index in [-0.39, 0.29) is 0 Å².